The van der Waals surface area contributed by atoms with Crippen molar-refractivity contribution in [1.82, 2.24) is 10.1 Å². The third-order valence-corrected chi connectivity index (χ3v) is 3.20. The van der Waals surface area contributed by atoms with E-state index in [9.17, 15) is 0 Å². The van der Waals surface area contributed by atoms with Gasteiger partial charge in [0.2, 0.25) is 5.89 Å². The highest BCUT2D eigenvalue weighted by Gasteiger charge is 2.17. The monoisotopic (exact) mass is 238 g/mol. The number of rotatable bonds is 9. The van der Waals surface area contributed by atoms with Crippen LogP contribution in [-0.4, -0.2) is 10.1 Å². The molecule has 1 atom stereocenters. The standard InChI is InChI=1S/C14H26N2O/c1-4-6-8-9-11-13(10-7-5-2)14-15-12(3)16-17-14/h13H,4-11H2,1-3H3. The summed E-state index contributed by atoms with van der Waals surface area (Å²) in [5.41, 5.74) is 0. The van der Waals surface area contributed by atoms with Crippen LogP contribution in [-0.2, 0) is 0 Å². The second-order valence-corrected chi connectivity index (χ2v) is 4.87. The first-order valence-corrected chi connectivity index (χ1v) is 7.08. The fourth-order valence-electron chi connectivity index (χ4n) is 2.14. The van der Waals surface area contributed by atoms with Crippen LogP contribution in [0.15, 0.2) is 4.52 Å². The maximum Gasteiger partial charge on any atom is 0.229 e. The van der Waals surface area contributed by atoms with Crippen LogP contribution in [0.1, 0.15) is 82.8 Å². The van der Waals surface area contributed by atoms with E-state index in [4.69, 9.17) is 4.52 Å². The van der Waals surface area contributed by atoms with Gasteiger partial charge in [-0.3, -0.25) is 0 Å². The predicted octanol–water partition coefficient (Wildman–Crippen LogP) is 4.62. The Morgan fingerprint density at radius 1 is 1.00 bits per heavy atom. The number of aromatic nitrogens is 2. The van der Waals surface area contributed by atoms with Gasteiger partial charge in [-0.25, -0.2) is 0 Å². The molecular weight excluding hydrogens is 212 g/mol. The molecule has 0 spiro atoms. The zero-order chi connectivity index (χ0) is 12.5. The quantitative estimate of drug-likeness (QED) is 0.589. The molecule has 98 valence electrons. The minimum atomic E-state index is 0.480. The van der Waals surface area contributed by atoms with Gasteiger partial charge in [0.1, 0.15) is 0 Å². The zero-order valence-corrected chi connectivity index (χ0v) is 11.5. The highest BCUT2D eigenvalue weighted by molar-refractivity contribution is 4.92. The highest BCUT2D eigenvalue weighted by atomic mass is 16.5. The van der Waals surface area contributed by atoms with E-state index in [-0.39, 0.29) is 0 Å². The smallest absolute Gasteiger partial charge is 0.229 e. The summed E-state index contributed by atoms with van der Waals surface area (Å²) in [7, 11) is 0. The zero-order valence-electron chi connectivity index (χ0n) is 11.5. The van der Waals surface area contributed by atoms with Gasteiger partial charge in [0, 0.05) is 5.92 Å². The summed E-state index contributed by atoms with van der Waals surface area (Å²) in [5.74, 6) is 2.09. The number of nitrogens with zero attached hydrogens (tertiary/aromatic N) is 2. The fourth-order valence-corrected chi connectivity index (χ4v) is 2.14. The topological polar surface area (TPSA) is 38.9 Å². The summed E-state index contributed by atoms with van der Waals surface area (Å²) in [4.78, 5) is 4.39. The Bertz CT molecular complexity index is 296. The van der Waals surface area contributed by atoms with Crippen molar-refractivity contribution < 1.29 is 4.52 Å². The molecule has 0 amide bonds. The molecule has 17 heavy (non-hydrogen) atoms. The Hall–Kier alpha value is -0.860. The molecule has 0 saturated heterocycles. The van der Waals surface area contributed by atoms with Crippen molar-refractivity contribution in [2.45, 2.75) is 78.1 Å². The molecular formula is C14H26N2O. The average molecular weight is 238 g/mol. The van der Waals surface area contributed by atoms with Crippen molar-refractivity contribution in [2.24, 2.45) is 0 Å². The number of aryl methyl sites for hydroxylation is 1. The van der Waals surface area contributed by atoms with Crippen LogP contribution in [0.25, 0.3) is 0 Å². The Labute approximate surface area is 105 Å². The normalized spacial score (nSPS) is 12.9. The van der Waals surface area contributed by atoms with E-state index >= 15 is 0 Å². The maximum absolute atomic E-state index is 5.32. The summed E-state index contributed by atoms with van der Waals surface area (Å²) >= 11 is 0. The second-order valence-electron chi connectivity index (χ2n) is 4.87. The van der Waals surface area contributed by atoms with Crippen molar-refractivity contribution in [3.8, 4) is 0 Å². The van der Waals surface area contributed by atoms with E-state index in [1.807, 2.05) is 6.92 Å². The van der Waals surface area contributed by atoms with Gasteiger partial charge >= 0.3 is 0 Å². The van der Waals surface area contributed by atoms with Gasteiger partial charge in [-0.15, -0.1) is 0 Å². The van der Waals surface area contributed by atoms with E-state index in [2.05, 4.69) is 24.0 Å². The van der Waals surface area contributed by atoms with E-state index < -0.39 is 0 Å². The van der Waals surface area contributed by atoms with Crippen molar-refractivity contribution in [1.29, 1.82) is 0 Å². The van der Waals surface area contributed by atoms with Crippen molar-refractivity contribution in [3.05, 3.63) is 11.7 Å². The predicted molar refractivity (Wildman–Crippen MR) is 70.1 cm³/mol. The maximum atomic E-state index is 5.32. The molecule has 0 fully saturated rings. The summed E-state index contributed by atoms with van der Waals surface area (Å²) in [5, 5.41) is 3.90. The van der Waals surface area contributed by atoms with E-state index in [0.29, 0.717) is 5.92 Å². The molecule has 0 saturated carbocycles. The molecule has 1 heterocycles. The molecule has 1 rings (SSSR count). The summed E-state index contributed by atoms with van der Waals surface area (Å²) in [6.07, 6.45) is 10.1. The highest BCUT2D eigenvalue weighted by Crippen LogP contribution is 2.26. The Kier molecular flexibility index (Phi) is 6.90. The lowest BCUT2D eigenvalue weighted by atomic mass is 9.95. The van der Waals surface area contributed by atoms with Gasteiger partial charge in [-0.1, -0.05) is 57.5 Å². The Morgan fingerprint density at radius 3 is 2.29 bits per heavy atom. The van der Waals surface area contributed by atoms with Crippen molar-refractivity contribution in [3.63, 3.8) is 0 Å². The Morgan fingerprint density at radius 2 is 1.71 bits per heavy atom. The summed E-state index contributed by atoms with van der Waals surface area (Å²) in [6, 6.07) is 0. The lowest BCUT2D eigenvalue weighted by molar-refractivity contribution is 0.329. The molecule has 0 bridgehead atoms. The van der Waals surface area contributed by atoms with Crippen LogP contribution in [0.4, 0.5) is 0 Å². The van der Waals surface area contributed by atoms with E-state index in [0.717, 1.165) is 11.7 Å². The lowest BCUT2D eigenvalue weighted by Crippen LogP contribution is -2.00. The molecule has 0 aliphatic carbocycles. The minimum Gasteiger partial charge on any atom is -0.339 e. The molecule has 0 aromatic carbocycles. The fraction of sp³-hybridized carbons (Fsp3) is 0.857. The first-order valence-electron chi connectivity index (χ1n) is 7.08. The van der Waals surface area contributed by atoms with Crippen LogP contribution >= 0.6 is 0 Å². The van der Waals surface area contributed by atoms with Crippen LogP contribution in [0, 0.1) is 6.92 Å². The van der Waals surface area contributed by atoms with Gasteiger partial charge < -0.3 is 4.52 Å². The third-order valence-electron chi connectivity index (χ3n) is 3.20. The van der Waals surface area contributed by atoms with Gasteiger partial charge in [0.25, 0.3) is 0 Å². The molecule has 0 radical (unpaired) electrons. The van der Waals surface area contributed by atoms with Crippen LogP contribution < -0.4 is 0 Å². The van der Waals surface area contributed by atoms with Crippen LogP contribution in [0.5, 0.6) is 0 Å². The molecule has 1 aromatic rings. The van der Waals surface area contributed by atoms with Crippen LogP contribution in [0.2, 0.25) is 0 Å². The first kappa shape index (κ1) is 14.2. The molecule has 1 aromatic heterocycles. The molecule has 3 nitrogen and oxygen atoms in total. The van der Waals surface area contributed by atoms with Gasteiger partial charge in [-0.05, 0) is 19.8 Å². The largest absolute Gasteiger partial charge is 0.339 e. The summed E-state index contributed by atoms with van der Waals surface area (Å²) < 4.78 is 5.32. The van der Waals surface area contributed by atoms with E-state index in [1.165, 1.54) is 51.4 Å². The Balaban J connectivity index is 2.42. The van der Waals surface area contributed by atoms with Crippen LogP contribution in [0.3, 0.4) is 0 Å². The van der Waals surface area contributed by atoms with E-state index in [1.54, 1.807) is 0 Å². The number of unbranched alkanes of at least 4 members (excludes halogenated alkanes) is 4. The van der Waals surface area contributed by atoms with Gasteiger partial charge in [0.15, 0.2) is 5.82 Å². The number of hydrogen-bond donors (Lipinski definition) is 0. The number of hydrogen-bond acceptors (Lipinski definition) is 3. The van der Waals surface area contributed by atoms with Crippen molar-refractivity contribution >= 4 is 0 Å². The average Bonchev–Trinajstić information content (AvgIpc) is 2.75. The van der Waals surface area contributed by atoms with Gasteiger partial charge in [-0.2, -0.15) is 4.98 Å². The molecule has 3 heteroatoms. The lowest BCUT2D eigenvalue weighted by Gasteiger charge is -2.11. The molecule has 1 unspecified atom stereocenters. The SMILES string of the molecule is CCCCCCC(CCCC)c1nc(C)no1. The molecule has 0 N–H and O–H groups in total. The second kappa shape index (κ2) is 8.26. The summed E-state index contributed by atoms with van der Waals surface area (Å²) in [6.45, 7) is 6.37. The molecule has 0 aliphatic heterocycles. The molecule has 0 aliphatic rings. The third kappa shape index (κ3) is 5.33. The first-order chi connectivity index (χ1) is 8.27. The minimum absolute atomic E-state index is 0.480. The van der Waals surface area contributed by atoms with Gasteiger partial charge in [0.05, 0.1) is 0 Å². The van der Waals surface area contributed by atoms with Crippen molar-refractivity contribution in [2.75, 3.05) is 0 Å².